The van der Waals surface area contributed by atoms with Crippen LogP contribution in [-0.2, 0) is 6.54 Å². The van der Waals surface area contributed by atoms with E-state index in [1.54, 1.807) is 6.07 Å². The van der Waals surface area contributed by atoms with E-state index in [1.807, 2.05) is 35.2 Å². The molecule has 0 saturated carbocycles. The molecule has 3 aromatic rings. The molecule has 6 nitrogen and oxygen atoms in total. The van der Waals surface area contributed by atoms with Crippen LogP contribution in [-0.4, -0.2) is 38.7 Å². The first-order valence-corrected chi connectivity index (χ1v) is 8.98. The Hall–Kier alpha value is -3.09. The molecule has 3 N–H and O–H groups in total. The van der Waals surface area contributed by atoms with Crippen molar-refractivity contribution < 1.29 is 14.3 Å². The number of piperidine rings is 1. The molecule has 1 amide bonds. The van der Waals surface area contributed by atoms with Crippen molar-refractivity contribution in [1.82, 2.24) is 14.5 Å². The topological polar surface area (TPSA) is 84.4 Å². The van der Waals surface area contributed by atoms with Crippen molar-refractivity contribution in [3.63, 3.8) is 0 Å². The molecule has 0 aliphatic carbocycles. The van der Waals surface area contributed by atoms with Gasteiger partial charge < -0.3 is 20.3 Å². The van der Waals surface area contributed by atoms with Crippen LogP contribution in [0.15, 0.2) is 42.7 Å². The average molecular weight is 368 g/mol. The lowest BCUT2D eigenvalue weighted by Gasteiger charge is -2.30. The highest BCUT2D eigenvalue weighted by Crippen LogP contribution is 2.28. The average Bonchev–Trinajstić information content (AvgIpc) is 3.05. The Bertz CT molecular complexity index is 976. The van der Waals surface area contributed by atoms with Gasteiger partial charge in [0.2, 0.25) is 0 Å². The highest BCUT2D eigenvalue weighted by molar-refractivity contribution is 5.84. The molecule has 4 rings (SSSR count). The van der Waals surface area contributed by atoms with Gasteiger partial charge >= 0.3 is 6.09 Å². The Morgan fingerprint density at radius 1 is 1.26 bits per heavy atom. The third-order valence-corrected chi connectivity index (χ3v) is 5.25. The lowest BCUT2D eigenvalue weighted by Crippen LogP contribution is -2.36. The van der Waals surface area contributed by atoms with Gasteiger partial charge in [-0.25, -0.2) is 9.18 Å². The lowest BCUT2D eigenvalue weighted by molar-refractivity contribution is 0.132. The number of likely N-dealkylation sites (tertiary alicyclic amines) is 1. The van der Waals surface area contributed by atoms with E-state index in [0.717, 1.165) is 29.5 Å². The number of benzene rings is 1. The number of rotatable bonds is 3. The summed E-state index contributed by atoms with van der Waals surface area (Å²) in [5.41, 5.74) is 8.61. The van der Waals surface area contributed by atoms with Crippen molar-refractivity contribution >= 4 is 22.7 Å². The van der Waals surface area contributed by atoms with Crippen molar-refractivity contribution in [2.75, 3.05) is 18.8 Å². The highest BCUT2D eigenvalue weighted by atomic mass is 19.1. The van der Waals surface area contributed by atoms with Crippen molar-refractivity contribution in [2.45, 2.75) is 25.3 Å². The predicted octanol–water partition coefficient (Wildman–Crippen LogP) is 3.66. The van der Waals surface area contributed by atoms with Gasteiger partial charge in [-0.05, 0) is 48.6 Å². The Morgan fingerprint density at radius 2 is 2.04 bits per heavy atom. The van der Waals surface area contributed by atoms with Crippen LogP contribution in [0.25, 0.3) is 10.9 Å². The number of halogens is 1. The molecule has 1 aromatic carbocycles. The van der Waals surface area contributed by atoms with Crippen LogP contribution in [0.3, 0.4) is 0 Å². The number of hydrogen-bond donors (Lipinski definition) is 2. The molecule has 7 heteroatoms. The Kier molecular flexibility index (Phi) is 4.43. The molecule has 0 unspecified atom stereocenters. The van der Waals surface area contributed by atoms with Crippen molar-refractivity contribution in [2.24, 2.45) is 0 Å². The zero-order chi connectivity index (χ0) is 19.0. The third-order valence-electron chi connectivity index (χ3n) is 5.25. The van der Waals surface area contributed by atoms with Crippen LogP contribution in [0.1, 0.15) is 30.0 Å². The largest absolute Gasteiger partial charge is 0.465 e. The van der Waals surface area contributed by atoms with Crippen LogP contribution < -0.4 is 5.73 Å². The Balaban J connectivity index is 1.48. The van der Waals surface area contributed by atoms with Gasteiger partial charge in [0.1, 0.15) is 5.82 Å². The number of nitrogen functional groups attached to an aromatic ring is 1. The number of carbonyl (C=O) groups is 1. The standard InChI is InChI=1S/C20H21FN4O2/c21-18-10-16(22)9-14-5-8-25(19(14)18)12-17-2-1-15(11-23-17)13-3-6-24(7-4-13)20(26)27/h1-2,5,8-11,13H,3-4,6-7,12,22H2,(H,26,27). The zero-order valence-corrected chi connectivity index (χ0v) is 14.8. The van der Waals surface area contributed by atoms with Gasteiger partial charge in [-0.15, -0.1) is 0 Å². The van der Waals surface area contributed by atoms with E-state index in [2.05, 4.69) is 4.98 Å². The molecular formula is C20H21FN4O2. The molecule has 27 heavy (non-hydrogen) atoms. The SMILES string of the molecule is Nc1cc(F)c2c(ccn2Cc2ccc(C3CCN(C(=O)O)CC3)cn2)c1. The molecule has 0 bridgehead atoms. The highest BCUT2D eigenvalue weighted by Gasteiger charge is 2.23. The summed E-state index contributed by atoms with van der Waals surface area (Å²) < 4.78 is 16.1. The third kappa shape index (κ3) is 3.45. The number of fused-ring (bicyclic) bond motifs is 1. The van der Waals surface area contributed by atoms with Crippen LogP contribution in [0.2, 0.25) is 0 Å². The minimum absolute atomic E-state index is 0.329. The van der Waals surface area contributed by atoms with Gasteiger partial charge in [-0.2, -0.15) is 0 Å². The number of pyridine rings is 1. The molecule has 0 atom stereocenters. The summed E-state index contributed by atoms with van der Waals surface area (Å²) >= 11 is 0. The predicted molar refractivity (Wildman–Crippen MR) is 101 cm³/mol. The normalized spacial score (nSPS) is 15.4. The van der Waals surface area contributed by atoms with E-state index in [1.165, 1.54) is 11.0 Å². The Morgan fingerprint density at radius 3 is 2.70 bits per heavy atom. The van der Waals surface area contributed by atoms with Gasteiger partial charge in [0.15, 0.2) is 0 Å². The number of carboxylic acid groups (broad SMARTS) is 1. The van der Waals surface area contributed by atoms with Crippen molar-refractivity contribution in [3.05, 3.63) is 59.8 Å². The van der Waals surface area contributed by atoms with Crippen molar-refractivity contribution in [3.8, 4) is 0 Å². The van der Waals surface area contributed by atoms with Gasteiger partial charge in [-0.3, -0.25) is 4.98 Å². The second-order valence-corrected chi connectivity index (χ2v) is 7.01. The number of hydrogen-bond acceptors (Lipinski definition) is 3. The number of nitrogens with two attached hydrogens (primary N) is 1. The van der Waals surface area contributed by atoms with Crippen LogP contribution in [0.5, 0.6) is 0 Å². The van der Waals surface area contributed by atoms with E-state index in [0.29, 0.717) is 36.8 Å². The zero-order valence-electron chi connectivity index (χ0n) is 14.8. The second-order valence-electron chi connectivity index (χ2n) is 7.01. The fourth-order valence-corrected chi connectivity index (χ4v) is 3.80. The molecule has 1 fully saturated rings. The number of anilines is 1. The van der Waals surface area contributed by atoms with Crippen molar-refractivity contribution in [1.29, 1.82) is 0 Å². The summed E-state index contributed by atoms with van der Waals surface area (Å²) in [6.07, 6.45) is 4.46. The lowest BCUT2D eigenvalue weighted by atomic mass is 9.90. The van der Waals surface area contributed by atoms with Gasteiger partial charge in [0, 0.05) is 36.6 Å². The first-order chi connectivity index (χ1) is 13.0. The van der Waals surface area contributed by atoms with E-state index >= 15 is 0 Å². The summed E-state index contributed by atoms with van der Waals surface area (Å²) in [7, 11) is 0. The summed E-state index contributed by atoms with van der Waals surface area (Å²) in [6.45, 7) is 1.58. The van der Waals surface area contributed by atoms with E-state index in [-0.39, 0.29) is 5.82 Å². The first kappa shape index (κ1) is 17.3. The van der Waals surface area contributed by atoms with Crippen LogP contribution in [0, 0.1) is 5.82 Å². The molecule has 0 radical (unpaired) electrons. The number of nitrogens with zero attached hydrogens (tertiary/aromatic N) is 3. The fourth-order valence-electron chi connectivity index (χ4n) is 3.80. The summed E-state index contributed by atoms with van der Waals surface area (Å²) in [5.74, 6) is -0.00760. The minimum Gasteiger partial charge on any atom is -0.465 e. The summed E-state index contributed by atoms with van der Waals surface area (Å²) in [6, 6.07) is 8.94. The van der Waals surface area contributed by atoms with Gasteiger partial charge in [-0.1, -0.05) is 6.07 Å². The molecule has 1 saturated heterocycles. The molecule has 1 aliphatic heterocycles. The molecule has 140 valence electrons. The van der Waals surface area contributed by atoms with Gasteiger partial charge in [0.05, 0.1) is 17.8 Å². The second kappa shape index (κ2) is 6.90. The molecule has 1 aliphatic rings. The van der Waals surface area contributed by atoms with E-state index in [9.17, 15) is 9.18 Å². The fraction of sp³-hybridized carbons (Fsp3) is 0.300. The van der Waals surface area contributed by atoms with Gasteiger partial charge in [0.25, 0.3) is 0 Å². The first-order valence-electron chi connectivity index (χ1n) is 8.98. The van der Waals surface area contributed by atoms with E-state index in [4.69, 9.17) is 10.8 Å². The minimum atomic E-state index is -0.852. The maximum absolute atomic E-state index is 14.3. The van der Waals surface area contributed by atoms with Crippen LogP contribution in [0.4, 0.5) is 14.9 Å². The monoisotopic (exact) mass is 368 g/mol. The molecule has 3 heterocycles. The molecular weight excluding hydrogens is 347 g/mol. The summed E-state index contributed by atoms with van der Waals surface area (Å²) in [4.78, 5) is 17.0. The maximum Gasteiger partial charge on any atom is 0.407 e. The summed E-state index contributed by atoms with van der Waals surface area (Å²) in [5, 5.41) is 9.81. The molecule has 0 spiro atoms. The quantitative estimate of drug-likeness (QED) is 0.691. The van der Waals surface area contributed by atoms with E-state index < -0.39 is 6.09 Å². The van der Waals surface area contributed by atoms with Crippen LogP contribution >= 0.6 is 0 Å². The Labute approximate surface area is 156 Å². The molecule has 2 aromatic heterocycles. The number of aromatic nitrogens is 2. The number of amides is 1. The maximum atomic E-state index is 14.3. The smallest absolute Gasteiger partial charge is 0.407 e.